The molecule has 3 nitrogen and oxygen atoms in total. The van der Waals surface area contributed by atoms with Gasteiger partial charge in [-0.2, -0.15) is 0 Å². The fraction of sp³-hybridized carbons (Fsp3) is 0.545. The number of aryl methyl sites for hydroxylation is 1. The van der Waals surface area contributed by atoms with Crippen molar-refractivity contribution >= 4 is 29.0 Å². The Morgan fingerprint density at radius 3 is 3.00 bits per heavy atom. The van der Waals surface area contributed by atoms with Crippen LogP contribution < -0.4 is 0 Å². The normalized spacial score (nSPS) is 22.8. The average Bonchev–Trinajstić information content (AvgIpc) is 2.75. The second kappa shape index (κ2) is 4.77. The lowest BCUT2D eigenvalue weighted by Crippen LogP contribution is -2.34. The van der Waals surface area contributed by atoms with Crippen molar-refractivity contribution in [3.8, 4) is 0 Å². The maximum Gasteiger partial charge on any atom is 0.233 e. The summed E-state index contributed by atoms with van der Waals surface area (Å²) in [6, 6.07) is 2.07. The molecule has 16 heavy (non-hydrogen) atoms. The summed E-state index contributed by atoms with van der Waals surface area (Å²) >= 11 is 3.33. The highest BCUT2D eigenvalue weighted by Gasteiger charge is 2.34. The molecular formula is C11H15NO2S2. The highest BCUT2D eigenvalue weighted by molar-refractivity contribution is 8.00. The summed E-state index contributed by atoms with van der Waals surface area (Å²) < 4.78 is 0. The summed E-state index contributed by atoms with van der Waals surface area (Å²) in [4.78, 5) is 14.7. The third-order valence-corrected chi connectivity index (χ3v) is 5.00. The summed E-state index contributed by atoms with van der Waals surface area (Å²) in [6.45, 7) is 4.21. The summed E-state index contributed by atoms with van der Waals surface area (Å²) in [6.07, 6.45) is -0.467. The third kappa shape index (κ3) is 2.26. The van der Waals surface area contributed by atoms with E-state index in [0.717, 1.165) is 0 Å². The van der Waals surface area contributed by atoms with E-state index in [-0.39, 0.29) is 11.3 Å². The van der Waals surface area contributed by atoms with Gasteiger partial charge < -0.3 is 10.0 Å². The van der Waals surface area contributed by atoms with Gasteiger partial charge in [0, 0.05) is 11.4 Å². The van der Waals surface area contributed by atoms with Crippen LogP contribution in [0.15, 0.2) is 11.4 Å². The molecule has 0 bridgehead atoms. The molecule has 1 saturated heterocycles. The van der Waals surface area contributed by atoms with Crippen molar-refractivity contribution in [1.82, 2.24) is 4.90 Å². The van der Waals surface area contributed by atoms with Crippen LogP contribution in [0.4, 0.5) is 0 Å². The Kier molecular flexibility index (Phi) is 3.56. The SMILES string of the molecule is Cc1ccsc1[C@@H]1SCC(=O)N1C[C@@H](C)O. The van der Waals surface area contributed by atoms with Gasteiger partial charge in [-0.15, -0.1) is 23.1 Å². The van der Waals surface area contributed by atoms with Crippen LogP contribution in [-0.2, 0) is 4.79 Å². The van der Waals surface area contributed by atoms with Crippen molar-refractivity contribution in [1.29, 1.82) is 0 Å². The number of rotatable bonds is 3. The van der Waals surface area contributed by atoms with Crippen LogP contribution in [0.25, 0.3) is 0 Å². The van der Waals surface area contributed by atoms with Gasteiger partial charge in [0.25, 0.3) is 0 Å². The molecule has 0 radical (unpaired) electrons. The second-order valence-electron chi connectivity index (χ2n) is 4.03. The molecular weight excluding hydrogens is 242 g/mol. The molecule has 1 N–H and O–H groups in total. The molecule has 0 spiro atoms. The molecule has 1 aliphatic heterocycles. The standard InChI is InChI=1S/C11H15NO2S2/c1-7-3-4-15-10(7)11-12(5-8(2)13)9(14)6-16-11/h3-4,8,11,13H,5-6H2,1-2H3/t8-,11+/m1/s1. The van der Waals surface area contributed by atoms with Crippen molar-refractivity contribution in [3.05, 3.63) is 21.9 Å². The van der Waals surface area contributed by atoms with Crippen molar-refractivity contribution in [2.45, 2.75) is 25.3 Å². The molecule has 88 valence electrons. The van der Waals surface area contributed by atoms with Crippen LogP contribution in [0.1, 0.15) is 22.7 Å². The lowest BCUT2D eigenvalue weighted by Gasteiger charge is -2.24. The quantitative estimate of drug-likeness (QED) is 0.900. The monoisotopic (exact) mass is 257 g/mol. The highest BCUT2D eigenvalue weighted by Crippen LogP contribution is 2.42. The third-order valence-electron chi connectivity index (χ3n) is 2.56. The lowest BCUT2D eigenvalue weighted by molar-refractivity contribution is -0.129. The average molecular weight is 257 g/mol. The van der Waals surface area contributed by atoms with E-state index in [2.05, 4.69) is 18.4 Å². The van der Waals surface area contributed by atoms with E-state index in [4.69, 9.17) is 0 Å². The maximum atomic E-state index is 11.7. The zero-order chi connectivity index (χ0) is 11.7. The van der Waals surface area contributed by atoms with E-state index in [1.165, 1.54) is 10.4 Å². The van der Waals surface area contributed by atoms with Crippen molar-refractivity contribution < 1.29 is 9.90 Å². The van der Waals surface area contributed by atoms with Gasteiger partial charge in [0.1, 0.15) is 5.37 Å². The molecule has 0 aliphatic carbocycles. The minimum atomic E-state index is -0.467. The number of hydrogen-bond donors (Lipinski definition) is 1. The largest absolute Gasteiger partial charge is 0.392 e. The topological polar surface area (TPSA) is 40.5 Å². The smallest absolute Gasteiger partial charge is 0.233 e. The predicted molar refractivity (Wildman–Crippen MR) is 67.6 cm³/mol. The Morgan fingerprint density at radius 1 is 1.69 bits per heavy atom. The van der Waals surface area contributed by atoms with Gasteiger partial charge in [-0.05, 0) is 30.9 Å². The molecule has 0 saturated carbocycles. The zero-order valence-electron chi connectivity index (χ0n) is 9.34. The first-order valence-corrected chi connectivity index (χ1v) is 7.15. The van der Waals surface area contributed by atoms with Gasteiger partial charge in [0.05, 0.1) is 11.9 Å². The van der Waals surface area contributed by atoms with Crippen LogP contribution >= 0.6 is 23.1 Å². The zero-order valence-corrected chi connectivity index (χ0v) is 11.0. The van der Waals surface area contributed by atoms with Crippen LogP contribution in [-0.4, -0.2) is 34.3 Å². The molecule has 2 heterocycles. The van der Waals surface area contributed by atoms with Crippen molar-refractivity contribution in [2.24, 2.45) is 0 Å². The van der Waals surface area contributed by atoms with E-state index >= 15 is 0 Å². The Morgan fingerprint density at radius 2 is 2.44 bits per heavy atom. The number of β-amino-alcohol motifs (C(OH)–C–C–N with tert-alkyl or cyclic N) is 1. The van der Waals surface area contributed by atoms with Gasteiger partial charge in [0.2, 0.25) is 5.91 Å². The number of hydrogen-bond acceptors (Lipinski definition) is 4. The fourth-order valence-corrected chi connectivity index (χ4v) is 4.27. The molecule has 0 aromatic carbocycles. The molecule has 5 heteroatoms. The van der Waals surface area contributed by atoms with E-state index < -0.39 is 6.10 Å². The first-order valence-electron chi connectivity index (χ1n) is 5.22. The number of aliphatic hydroxyl groups excluding tert-OH is 1. The molecule has 0 unspecified atom stereocenters. The predicted octanol–water partition coefficient (Wildman–Crippen LogP) is 2.01. The van der Waals surface area contributed by atoms with E-state index in [1.807, 2.05) is 0 Å². The first kappa shape index (κ1) is 12.0. The number of nitrogens with zero attached hydrogens (tertiary/aromatic N) is 1. The molecule has 1 aliphatic rings. The molecule has 2 atom stereocenters. The van der Waals surface area contributed by atoms with Gasteiger partial charge in [-0.25, -0.2) is 0 Å². The Labute approximate surface area is 103 Å². The molecule has 1 aromatic heterocycles. The van der Waals surface area contributed by atoms with Crippen LogP contribution in [0.3, 0.4) is 0 Å². The Balaban J connectivity index is 2.21. The number of thiophene rings is 1. The molecule has 2 rings (SSSR count). The number of carbonyl (C=O) groups is 1. The Bertz CT molecular complexity index is 389. The summed E-state index contributed by atoms with van der Waals surface area (Å²) in [7, 11) is 0. The number of amides is 1. The molecule has 1 aromatic rings. The molecule has 1 amide bonds. The first-order chi connectivity index (χ1) is 7.59. The van der Waals surface area contributed by atoms with Gasteiger partial charge in [-0.1, -0.05) is 0 Å². The van der Waals surface area contributed by atoms with Crippen molar-refractivity contribution in [2.75, 3.05) is 12.3 Å². The fourth-order valence-electron chi connectivity index (χ4n) is 1.79. The van der Waals surface area contributed by atoms with Gasteiger partial charge >= 0.3 is 0 Å². The minimum absolute atomic E-state index is 0.0992. The maximum absolute atomic E-state index is 11.7. The van der Waals surface area contributed by atoms with Gasteiger partial charge in [-0.3, -0.25) is 4.79 Å². The second-order valence-corrected chi connectivity index (χ2v) is 6.04. The van der Waals surface area contributed by atoms with Gasteiger partial charge in [0.15, 0.2) is 0 Å². The van der Waals surface area contributed by atoms with Crippen LogP contribution in [0.2, 0.25) is 0 Å². The number of thioether (sulfide) groups is 1. The summed E-state index contributed by atoms with van der Waals surface area (Å²) in [5, 5.41) is 11.6. The lowest BCUT2D eigenvalue weighted by atomic mass is 10.2. The van der Waals surface area contributed by atoms with E-state index in [1.54, 1.807) is 34.9 Å². The minimum Gasteiger partial charge on any atom is -0.392 e. The van der Waals surface area contributed by atoms with E-state index in [9.17, 15) is 9.90 Å². The summed E-state index contributed by atoms with van der Waals surface area (Å²) in [5.74, 6) is 0.651. The molecule has 1 fully saturated rings. The van der Waals surface area contributed by atoms with Crippen LogP contribution in [0, 0.1) is 6.92 Å². The number of carbonyl (C=O) groups excluding carboxylic acids is 1. The van der Waals surface area contributed by atoms with Crippen molar-refractivity contribution in [3.63, 3.8) is 0 Å². The summed E-state index contributed by atoms with van der Waals surface area (Å²) in [5.41, 5.74) is 1.23. The number of aliphatic hydroxyl groups is 1. The van der Waals surface area contributed by atoms with Crippen LogP contribution in [0.5, 0.6) is 0 Å². The highest BCUT2D eigenvalue weighted by atomic mass is 32.2. The Hall–Kier alpha value is -0.520. The van der Waals surface area contributed by atoms with E-state index in [0.29, 0.717) is 12.3 Å².